The maximum Gasteiger partial charge on any atom is 0.280 e. The number of pyridine rings is 1. The van der Waals surface area contributed by atoms with Gasteiger partial charge in [0.1, 0.15) is 5.69 Å². The molecule has 1 aliphatic heterocycles. The average Bonchev–Trinajstić information content (AvgIpc) is 2.74. The van der Waals surface area contributed by atoms with Gasteiger partial charge in [0.2, 0.25) is 5.91 Å². The van der Waals surface area contributed by atoms with Gasteiger partial charge in [0.15, 0.2) is 0 Å². The number of nitrogens with one attached hydrogen (secondary N) is 1. The van der Waals surface area contributed by atoms with Gasteiger partial charge in [0, 0.05) is 25.7 Å². The molecule has 1 aliphatic rings. The largest absolute Gasteiger partial charge is 0.356 e. The number of nitrogens with zero attached hydrogens (tertiary/aromatic N) is 2. The highest BCUT2D eigenvalue weighted by atomic mass is 16.2. The normalized spacial score (nSPS) is 13.5. The number of fused-ring (bicyclic) bond motifs is 1. The van der Waals surface area contributed by atoms with Crippen molar-refractivity contribution in [3.05, 3.63) is 29.6 Å². The molecule has 1 aromatic rings. The lowest BCUT2D eigenvalue weighted by Crippen LogP contribution is -2.34. The van der Waals surface area contributed by atoms with Gasteiger partial charge in [-0.15, -0.1) is 0 Å². The Morgan fingerprint density at radius 1 is 1.29 bits per heavy atom. The topological polar surface area (TPSA) is 79.4 Å². The van der Waals surface area contributed by atoms with Gasteiger partial charge in [-0.05, 0) is 18.6 Å². The standard InChI is InChI=1S/C15H19N3O3/c1-2-3-4-8-16-12(19)7-10-18-14(20)11-6-5-9-17-13(11)15(18)21/h5-6,9H,2-4,7-8,10H2,1H3,(H,16,19). The Kier molecular flexibility index (Phi) is 5.03. The molecule has 0 aliphatic carbocycles. The maximum atomic E-state index is 12.1. The summed E-state index contributed by atoms with van der Waals surface area (Å²) in [6.45, 7) is 2.82. The van der Waals surface area contributed by atoms with Crippen LogP contribution in [-0.2, 0) is 4.79 Å². The van der Waals surface area contributed by atoms with Crippen molar-refractivity contribution >= 4 is 17.7 Å². The third-order valence-corrected chi connectivity index (χ3v) is 3.40. The molecule has 2 rings (SSSR count). The van der Waals surface area contributed by atoms with Crippen molar-refractivity contribution in [2.24, 2.45) is 0 Å². The maximum absolute atomic E-state index is 12.1. The summed E-state index contributed by atoms with van der Waals surface area (Å²) in [6.07, 6.45) is 4.72. The van der Waals surface area contributed by atoms with E-state index in [0.29, 0.717) is 12.1 Å². The van der Waals surface area contributed by atoms with Gasteiger partial charge >= 0.3 is 0 Å². The minimum atomic E-state index is -0.422. The summed E-state index contributed by atoms with van der Waals surface area (Å²) < 4.78 is 0. The fourth-order valence-corrected chi connectivity index (χ4v) is 2.22. The minimum absolute atomic E-state index is 0.0909. The molecular weight excluding hydrogens is 270 g/mol. The lowest BCUT2D eigenvalue weighted by atomic mass is 10.2. The Morgan fingerprint density at radius 3 is 2.81 bits per heavy atom. The van der Waals surface area contributed by atoms with E-state index in [-0.39, 0.29) is 30.5 Å². The summed E-state index contributed by atoms with van der Waals surface area (Å²) in [5.41, 5.74) is 0.483. The van der Waals surface area contributed by atoms with E-state index in [9.17, 15) is 14.4 Å². The first-order valence-electron chi connectivity index (χ1n) is 7.23. The highest BCUT2D eigenvalue weighted by Gasteiger charge is 2.36. The van der Waals surface area contributed by atoms with E-state index >= 15 is 0 Å². The molecule has 112 valence electrons. The van der Waals surface area contributed by atoms with E-state index in [1.54, 1.807) is 12.1 Å². The lowest BCUT2D eigenvalue weighted by Gasteiger charge is -2.13. The fraction of sp³-hybridized carbons (Fsp3) is 0.467. The molecule has 1 aromatic heterocycles. The van der Waals surface area contributed by atoms with E-state index in [2.05, 4.69) is 17.2 Å². The second-order valence-electron chi connectivity index (χ2n) is 4.97. The van der Waals surface area contributed by atoms with Gasteiger partial charge in [-0.3, -0.25) is 24.3 Å². The van der Waals surface area contributed by atoms with Crippen LogP contribution in [0.3, 0.4) is 0 Å². The van der Waals surface area contributed by atoms with Crippen LogP contribution >= 0.6 is 0 Å². The Balaban J connectivity index is 1.84. The van der Waals surface area contributed by atoms with Crippen molar-refractivity contribution in [2.45, 2.75) is 32.6 Å². The molecule has 0 aromatic carbocycles. The summed E-state index contributed by atoms with van der Waals surface area (Å²) in [6, 6.07) is 3.20. The van der Waals surface area contributed by atoms with Gasteiger partial charge in [0.25, 0.3) is 11.8 Å². The molecule has 3 amide bonds. The number of carbonyl (C=O) groups is 3. The first-order chi connectivity index (χ1) is 10.1. The SMILES string of the molecule is CCCCCNC(=O)CCN1C(=O)c2cccnc2C1=O. The molecule has 2 heterocycles. The molecular formula is C15H19N3O3. The highest BCUT2D eigenvalue weighted by molar-refractivity contribution is 6.20. The third kappa shape index (κ3) is 3.45. The van der Waals surface area contributed by atoms with Crippen LogP contribution in [0.1, 0.15) is 53.5 Å². The average molecular weight is 289 g/mol. The summed E-state index contributed by atoms with van der Waals surface area (Å²) in [5.74, 6) is -0.938. The number of carbonyl (C=O) groups excluding carboxylic acids is 3. The van der Waals surface area contributed by atoms with Crippen LogP contribution in [0.4, 0.5) is 0 Å². The van der Waals surface area contributed by atoms with Gasteiger partial charge in [-0.1, -0.05) is 19.8 Å². The van der Waals surface area contributed by atoms with E-state index < -0.39 is 5.91 Å². The van der Waals surface area contributed by atoms with E-state index in [1.165, 1.54) is 6.20 Å². The Morgan fingerprint density at radius 2 is 2.10 bits per heavy atom. The van der Waals surface area contributed by atoms with Crippen LogP contribution in [0, 0.1) is 0 Å². The molecule has 0 saturated heterocycles. The molecule has 0 fully saturated rings. The van der Waals surface area contributed by atoms with Crippen molar-refractivity contribution < 1.29 is 14.4 Å². The van der Waals surface area contributed by atoms with Gasteiger partial charge in [-0.2, -0.15) is 0 Å². The second kappa shape index (κ2) is 6.97. The molecule has 0 spiro atoms. The summed E-state index contributed by atoms with van der Waals surface area (Å²) >= 11 is 0. The quantitative estimate of drug-likeness (QED) is 0.607. The van der Waals surface area contributed by atoms with Crippen LogP contribution in [0.15, 0.2) is 18.3 Å². The fourth-order valence-electron chi connectivity index (χ4n) is 2.22. The van der Waals surface area contributed by atoms with Crippen molar-refractivity contribution in [3.63, 3.8) is 0 Å². The first-order valence-corrected chi connectivity index (χ1v) is 7.23. The zero-order chi connectivity index (χ0) is 15.2. The number of hydrogen-bond acceptors (Lipinski definition) is 4. The first kappa shape index (κ1) is 15.2. The smallest absolute Gasteiger partial charge is 0.280 e. The molecule has 6 nitrogen and oxygen atoms in total. The Bertz CT molecular complexity index is 522. The zero-order valence-electron chi connectivity index (χ0n) is 12.1. The van der Waals surface area contributed by atoms with E-state index in [1.807, 2.05) is 0 Å². The zero-order valence-corrected chi connectivity index (χ0v) is 12.1. The number of rotatable bonds is 7. The van der Waals surface area contributed by atoms with Crippen LogP contribution in [0.25, 0.3) is 0 Å². The van der Waals surface area contributed by atoms with Crippen molar-refractivity contribution in [2.75, 3.05) is 13.1 Å². The third-order valence-electron chi connectivity index (χ3n) is 3.40. The summed E-state index contributed by atoms with van der Waals surface area (Å²) in [4.78, 5) is 40.8. The van der Waals surface area contributed by atoms with Crippen LogP contribution < -0.4 is 5.32 Å². The lowest BCUT2D eigenvalue weighted by molar-refractivity contribution is -0.121. The molecule has 21 heavy (non-hydrogen) atoms. The molecule has 6 heteroatoms. The number of unbranched alkanes of at least 4 members (excludes halogenated alkanes) is 2. The van der Waals surface area contributed by atoms with E-state index in [4.69, 9.17) is 0 Å². The molecule has 0 saturated carbocycles. The molecule has 1 N–H and O–H groups in total. The van der Waals surface area contributed by atoms with Crippen molar-refractivity contribution in [3.8, 4) is 0 Å². The monoisotopic (exact) mass is 289 g/mol. The highest BCUT2D eigenvalue weighted by Crippen LogP contribution is 2.20. The predicted molar refractivity (Wildman–Crippen MR) is 76.8 cm³/mol. The van der Waals surface area contributed by atoms with Gasteiger partial charge < -0.3 is 5.32 Å². The number of imide groups is 1. The minimum Gasteiger partial charge on any atom is -0.356 e. The molecule has 0 atom stereocenters. The number of amides is 3. The summed E-state index contributed by atoms with van der Waals surface area (Å²) in [5, 5.41) is 2.79. The van der Waals surface area contributed by atoms with Crippen molar-refractivity contribution in [1.29, 1.82) is 0 Å². The van der Waals surface area contributed by atoms with Gasteiger partial charge in [-0.25, -0.2) is 0 Å². The number of aromatic nitrogens is 1. The molecule has 0 radical (unpaired) electrons. The number of hydrogen-bond donors (Lipinski definition) is 1. The molecule has 0 unspecified atom stereocenters. The Labute approximate surface area is 123 Å². The summed E-state index contributed by atoms with van der Waals surface area (Å²) in [7, 11) is 0. The van der Waals surface area contributed by atoms with Crippen LogP contribution in [-0.4, -0.2) is 40.7 Å². The van der Waals surface area contributed by atoms with Crippen molar-refractivity contribution in [1.82, 2.24) is 15.2 Å². The Hall–Kier alpha value is -2.24. The van der Waals surface area contributed by atoms with Crippen LogP contribution in [0.2, 0.25) is 0 Å². The van der Waals surface area contributed by atoms with Gasteiger partial charge in [0.05, 0.1) is 5.56 Å². The van der Waals surface area contributed by atoms with E-state index in [0.717, 1.165) is 24.2 Å². The second-order valence-corrected chi connectivity index (χ2v) is 4.97. The molecule has 0 bridgehead atoms. The van der Waals surface area contributed by atoms with Crippen LogP contribution in [0.5, 0.6) is 0 Å². The predicted octanol–water partition coefficient (Wildman–Crippen LogP) is 1.37.